The maximum atomic E-state index is 12.8. The molecule has 1 aliphatic rings. The number of nitrogens with zero attached hydrogens (tertiary/aromatic N) is 5. The quantitative estimate of drug-likeness (QED) is 0.293. The van der Waals surface area contributed by atoms with Crippen LogP contribution in [0.4, 0.5) is 5.82 Å². The van der Waals surface area contributed by atoms with Crippen LogP contribution in [-0.4, -0.2) is 42.8 Å². The molecule has 1 N–H and O–H groups in total. The Bertz CT molecular complexity index is 1350. The Labute approximate surface area is 206 Å². The molecule has 0 spiro atoms. The van der Waals surface area contributed by atoms with Crippen molar-refractivity contribution >= 4 is 23.5 Å². The number of allylic oxidation sites excluding steroid dienone is 1. The molecule has 178 valence electrons. The summed E-state index contributed by atoms with van der Waals surface area (Å²) < 4.78 is 15.5. The standard InChI is InChI=1S/C25H24N6O3S/c1-3-13-30-24(21-15-33-19-11-7-8-12-20(19)34-21)27-28-25(30)35-16-23(32)26-22-14-17(2)29-31(22)18-9-5-4-6-10-18/h3-12,14,21H,1,13,15-16H2,2H3,(H,26,32)/t21-/m1/s1. The number of anilines is 1. The first-order valence-corrected chi connectivity index (χ1v) is 12.1. The van der Waals surface area contributed by atoms with E-state index in [0.29, 0.717) is 41.4 Å². The van der Waals surface area contributed by atoms with Crippen LogP contribution < -0.4 is 14.8 Å². The van der Waals surface area contributed by atoms with Gasteiger partial charge in [0.1, 0.15) is 12.4 Å². The summed E-state index contributed by atoms with van der Waals surface area (Å²) in [5.74, 6) is 2.58. The minimum atomic E-state index is -0.413. The molecule has 4 aromatic rings. The van der Waals surface area contributed by atoms with Gasteiger partial charge in [0.2, 0.25) is 5.91 Å². The smallest absolute Gasteiger partial charge is 0.236 e. The van der Waals surface area contributed by atoms with Gasteiger partial charge in [0, 0.05) is 12.6 Å². The zero-order valence-electron chi connectivity index (χ0n) is 19.1. The highest BCUT2D eigenvalue weighted by molar-refractivity contribution is 7.99. The molecule has 35 heavy (non-hydrogen) atoms. The van der Waals surface area contributed by atoms with Gasteiger partial charge in [0.25, 0.3) is 0 Å². The van der Waals surface area contributed by atoms with E-state index in [9.17, 15) is 4.79 Å². The summed E-state index contributed by atoms with van der Waals surface area (Å²) in [6.07, 6.45) is 1.35. The number of rotatable bonds is 8. The number of fused-ring (bicyclic) bond motifs is 1. The van der Waals surface area contributed by atoms with Crippen LogP contribution in [-0.2, 0) is 11.3 Å². The van der Waals surface area contributed by atoms with E-state index in [2.05, 4.69) is 27.2 Å². The molecule has 5 rings (SSSR count). The average Bonchev–Trinajstić information content (AvgIpc) is 3.46. The summed E-state index contributed by atoms with van der Waals surface area (Å²) in [5, 5.41) is 16.7. The largest absolute Gasteiger partial charge is 0.485 e. The summed E-state index contributed by atoms with van der Waals surface area (Å²) >= 11 is 1.30. The molecule has 0 radical (unpaired) electrons. The number of nitrogens with one attached hydrogen (secondary N) is 1. The number of aryl methyl sites for hydroxylation is 1. The molecule has 0 aliphatic carbocycles. The minimum absolute atomic E-state index is 0.152. The highest BCUT2D eigenvalue weighted by Crippen LogP contribution is 2.36. The predicted octanol–water partition coefficient (Wildman–Crippen LogP) is 4.20. The van der Waals surface area contributed by atoms with E-state index in [1.807, 2.05) is 72.2 Å². The molecule has 1 aliphatic heterocycles. The van der Waals surface area contributed by atoms with Gasteiger partial charge < -0.3 is 14.8 Å². The van der Waals surface area contributed by atoms with Crippen LogP contribution in [0.3, 0.4) is 0 Å². The van der Waals surface area contributed by atoms with E-state index in [1.165, 1.54) is 11.8 Å². The molecule has 9 nitrogen and oxygen atoms in total. The maximum absolute atomic E-state index is 12.8. The number of thioether (sulfide) groups is 1. The Morgan fingerprint density at radius 3 is 2.74 bits per heavy atom. The van der Waals surface area contributed by atoms with Crippen LogP contribution in [0, 0.1) is 6.92 Å². The minimum Gasteiger partial charge on any atom is -0.485 e. The predicted molar refractivity (Wildman–Crippen MR) is 133 cm³/mol. The van der Waals surface area contributed by atoms with Crippen LogP contribution >= 0.6 is 11.8 Å². The van der Waals surface area contributed by atoms with E-state index in [1.54, 1.807) is 10.8 Å². The zero-order chi connectivity index (χ0) is 24.2. The first kappa shape index (κ1) is 22.7. The van der Waals surface area contributed by atoms with E-state index in [4.69, 9.17) is 9.47 Å². The number of ether oxygens (including phenoxy) is 2. The highest BCUT2D eigenvalue weighted by atomic mass is 32.2. The summed E-state index contributed by atoms with van der Waals surface area (Å²) in [6.45, 7) is 6.53. The molecule has 1 atom stereocenters. The lowest BCUT2D eigenvalue weighted by Crippen LogP contribution is -2.25. The van der Waals surface area contributed by atoms with Crippen molar-refractivity contribution in [3.63, 3.8) is 0 Å². The van der Waals surface area contributed by atoms with Gasteiger partial charge in [-0.25, -0.2) is 4.68 Å². The fourth-order valence-corrected chi connectivity index (χ4v) is 4.51. The Kier molecular flexibility index (Phi) is 6.53. The fraction of sp³-hybridized carbons (Fsp3) is 0.200. The van der Waals surface area contributed by atoms with Gasteiger partial charge in [-0.05, 0) is 31.2 Å². The average molecular weight is 489 g/mol. The first-order valence-electron chi connectivity index (χ1n) is 11.1. The number of para-hydroxylation sites is 3. The number of hydrogen-bond donors (Lipinski definition) is 1. The molecular weight excluding hydrogens is 464 g/mol. The highest BCUT2D eigenvalue weighted by Gasteiger charge is 2.28. The van der Waals surface area contributed by atoms with Gasteiger partial charge >= 0.3 is 0 Å². The van der Waals surface area contributed by atoms with E-state index in [0.717, 1.165) is 11.4 Å². The van der Waals surface area contributed by atoms with Gasteiger partial charge in [-0.3, -0.25) is 9.36 Å². The second-order valence-electron chi connectivity index (χ2n) is 7.86. The summed E-state index contributed by atoms with van der Waals surface area (Å²) in [6, 6.07) is 19.0. The van der Waals surface area contributed by atoms with Crippen molar-refractivity contribution in [1.29, 1.82) is 0 Å². The lowest BCUT2D eigenvalue weighted by molar-refractivity contribution is -0.113. The van der Waals surface area contributed by atoms with Gasteiger partial charge in [-0.15, -0.1) is 16.8 Å². The van der Waals surface area contributed by atoms with Crippen molar-refractivity contribution in [3.8, 4) is 17.2 Å². The van der Waals surface area contributed by atoms with Crippen molar-refractivity contribution in [3.05, 3.63) is 84.8 Å². The van der Waals surface area contributed by atoms with Gasteiger partial charge in [-0.1, -0.05) is 48.2 Å². The number of aromatic nitrogens is 5. The zero-order valence-corrected chi connectivity index (χ0v) is 19.9. The van der Waals surface area contributed by atoms with Crippen molar-refractivity contribution in [1.82, 2.24) is 24.5 Å². The topological polar surface area (TPSA) is 96.1 Å². The van der Waals surface area contributed by atoms with E-state index >= 15 is 0 Å². The first-order chi connectivity index (χ1) is 17.1. The number of hydrogen-bond acceptors (Lipinski definition) is 7. The Morgan fingerprint density at radius 2 is 1.94 bits per heavy atom. The van der Waals surface area contributed by atoms with E-state index in [-0.39, 0.29) is 11.7 Å². The number of carbonyl (C=O) groups is 1. The molecule has 2 aromatic carbocycles. The summed E-state index contributed by atoms with van der Waals surface area (Å²) in [7, 11) is 0. The van der Waals surface area contributed by atoms with Crippen LogP contribution in [0.1, 0.15) is 17.6 Å². The van der Waals surface area contributed by atoms with Crippen molar-refractivity contribution < 1.29 is 14.3 Å². The molecule has 0 unspecified atom stereocenters. The van der Waals surface area contributed by atoms with Crippen LogP contribution in [0.2, 0.25) is 0 Å². The third-order valence-corrected chi connectivity index (χ3v) is 6.25. The monoisotopic (exact) mass is 488 g/mol. The molecule has 0 saturated carbocycles. The fourth-order valence-electron chi connectivity index (χ4n) is 3.76. The Balaban J connectivity index is 1.28. The van der Waals surface area contributed by atoms with Crippen molar-refractivity contribution in [2.24, 2.45) is 0 Å². The number of benzene rings is 2. The molecule has 10 heteroatoms. The molecule has 0 saturated heterocycles. The van der Waals surface area contributed by atoms with Crippen LogP contribution in [0.5, 0.6) is 11.5 Å². The SMILES string of the molecule is C=CCn1c(SCC(=O)Nc2cc(C)nn2-c2ccccc2)nnc1[C@H]1COc2ccccc2O1. The molecule has 1 amide bonds. The Morgan fingerprint density at radius 1 is 1.17 bits per heavy atom. The molecular formula is C25H24N6O3S. The Hall–Kier alpha value is -4.05. The molecule has 0 fully saturated rings. The van der Waals surface area contributed by atoms with Gasteiger partial charge in [0.15, 0.2) is 28.6 Å². The van der Waals surface area contributed by atoms with E-state index < -0.39 is 6.10 Å². The maximum Gasteiger partial charge on any atom is 0.236 e. The van der Waals surface area contributed by atoms with Crippen molar-refractivity contribution in [2.45, 2.75) is 24.7 Å². The van der Waals surface area contributed by atoms with Gasteiger partial charge in [0.05, 0.1) is 17.1 Å². The third-order valence-electron chi connectivity index (χ3n) is 5.29. The molecule has 3 heterocycles. The third kappa shape index (κ3) is 4.92. The second kappa shape index (κ2) is 10.1. The lowest BCUT2D eigenvalue weighted by Gasteiger charge is -2.26. The number of amides is 1. The summed E-state index contributed by atoms with van der Waals surface area (Å²) in [5.41, 5.74) is 1.68. The second-order valence-corrected chi connectivity index (χ2v) is 8.80. The lowest BCUT2D eigenvalue weighted by atomic mass is 10.2. The normalized spacial score (nSPS) is 14.5. The van der Waals surface area contributed by atoms with Gasteiger partial charge in [-0.2, -0.15) is 5.10 Å². The van der Waals surface area contributed by atoms with Crippen LogP contribution in [0.25, 0.3) is 5.69 Å². The molecule has 2 aromatic heterocycles. The molecule has 0 bridgehead atoms. The van der Waals surface area contributed by atoms with Crippen molar-refractivity contribution in [2.75, 3.05) is 17.7 Å². The number of carbonyl (C=O) groups excluding carboxylic acids is 1. The van der Waals surface area contributed by atoms with Crippen LogP contribution in [0.15, 0.2) is 78.5 Å². The summed E-state index contributed by atoms with van der Waals surface area (Å²) in [4.78, 5) is 12.8.